The Balaban J connectivity index is 2.43. The van der Waals surface area contributed by atoms with Crippen molar-refractivity contribution < 1.29 is 4.79 Å². The summed E-state index contributed by atoms with van der Waals surface area (Å²) >= 11 is 0. The lowest BCUT2D eigenvalue weighted by molar-refractivity contribution is -0.124. The summed E-state index contributed by atoms with van der Waals surface area (Å²) in [6.07, 6.45) is 5.36. The molecule has 0 aromatic heterocycles. The third kappa shape index (κ3) is 3.48. The van der Waals surface area contributed by atoms with E-state index in [-0.39, 0.29) is 11.9 Å². The second-order valence-corrected chi connectivity index (χ2v) is 5.28. The minimum absolute atomic E-state index is 0.0350. The molecule has 0 aromatic carbocycles. The van der Waals surface area contributed by atoms with E-state index in [0.29, 0.717) is 17.9 Å². The molecular formula is C13H26N2O. The molecule has 3 heteroatoms. The molecule has 0 aliphatic heterocycles. The summed E-state index contributed by atoms with van der Waals surface area (Å²) in [5, 5.41) is 3.12. The summed E-state index contributed by atoms with van der Waals surface area (Å²) in [7, 11) is 0. The van der Waals surface area contributed by atoms with Crippen LogP contribution < -0.4 is 11.1 Å². The molecule has 0 spiro atoms. The largest absolute Gasteiger partial charge is 0.352 e. The Kier molecular flexibility index (Phi) is 5.26. The predicted molar refractivity (Wildman–Crippen MR) is 67.0 cm³/mol. The Morgan fingerprint density at radius 2 is 2.12 bits per heavy atom. The van der Waals surface area contributed by atoms with Crippen LogP contribution in [0.15, 0.2) is 0 Å². The van der Waals surface area contributed by atoms with Gasteiger partial charge in [-0.1, -0.05) is 40.0 Å². The monoisotopic (exact) mass is 226 g/mol. The molecule has 3 nitrogen and oxygen atoms in total. The van der Waals surface area contributed by atoms with Gasteiger partial charge in [0.05, 0.1) is 6.04 Å². The van der Waals surface area contributed by atoms with Crippen molar-refractivity contribution in [2.45, 2.75) is 65.0 Å². The maximum Gasteiger partial charge on any atom is 0.237 e. The van der Waals surface area contributed by atoms with Crippen molar-refractivity contribution in [2.75, 3.05) is 0 Å². The summed E-state index contributed by atoms with van der Waals surface area (Å²) in [6.45, 7) is 6.56. The van der Waals surface area contributed by atoms with E-state index in [0.717, 1.165) is 19.3 Å². The Hall–Kier alpha value is -0.570. The fraction of sp³-hybridized carbons (Fsp3) is 0.923. The van der Waals surface area contributed by atoms with Gasteiger partial charge in [0.15, 0.2) is 0 Å². The van der Waals surface area contributed by atoms with E-state index in [1.807, 2.05) is 0 Å². The highest BCUT2D eigenvalue weighted by Gasteiger charge is 2.29. The molecule has 4 atom stereocenters. The standard InChI is InChI=1S/C13H26N2O/c1-4-6-11(14)13(16)15-12-8-5-7-9(2)10(12)3/h9-12H,4-8,14H2,1-3H3,(H,15,16)/t9?,10?,11-,12?/m0/s1. The lowest BCUT2D eigenvalue weighted by Gasteiger charge is -2.35. The molecule has 3 unspecified atom stereocenters. The number of nitrogens with one attached hydrogen (secondary N) is 1. The van der Waals surface area contributed by atoms with Crippen LogP contribution in [-0.2, 0) is 4.79 Å². The quantitative estimate of drug-likeness (QED) is 0.771. The molecular weight excluding hydrogens is 200 g/mol. The topological polar surface area (TPSA) is 55.1 Å². The number of hydrogen-bond donors (Lipinski definition) is 2. The first kappa shape index (κ1) is 13.5. The predicted octanol–water partition coefficient (Wildman–Crippen LogP) is 2.05. The van der Waals surface area contributed by atoms with E-state index in [2.05, 4.69) is 26.1 Å². The lowest BCUT2D eigenvalue weighted by Crippen LogP contribution is -2.49. The molecule has 1 aliphatic rings. The Bertz CT molecular complexity index is 230. The third-order valence-electron chi connectivity index (χ3n) is 3.97. The smallest absolute Gasteiger partial charge is 0.237 e. The van der Waals surface area contributed by atoms with Gasteiger partial charge in [-0.2, -0.15) is 0 Å². The first-order valence-corrected chi connectivity index (χ1v) is 6.62. The second-order valence-electron chi connectivity index (χ2n) is 5.28. The van der Waals surface area contributed by atoms with Crippen LogP contribution in [0.3, 0.4) is 0 Å². The first-order chi connectivity index (χ1) is 7.56. The van der Waals surface area contributed by atoms with Crippen molar-refractivity contribution in [2.24, 2.45) is 17.6 Å². The van der Waals surface area contributed by atoms with Crippen LogP contribution in [0.2, 0.25) is 0 Å². The van der Waals surface area contributed by atoms with Gasteiger partial charge in [-0.15, -0.1) is 0 Å². The molecule has 1 aliphatic carbocycles. The molecule has 16 heavy (non-hydrogen) atoms. The lowest BCUT2D eigenvalue weighted by atomic mass is 9.78. The second kappa shape index (κ2) is 6.24. The third-order valence-corrected chi connectivity index (χ3v) is 3.97. The molecule has 3 N–H and O–H groups in total. The van der Waals surface area contributed by atoms with E-state index < -0.39 is 0 Å². The minimum Gasteiger partial charge on any atom is -0.352 e. The van der Waals surface area contributed by atoms with Crippen molar-refractivity contribution in [3.8, 4) is 0 Å². The molecule has 1 rings (SSSR count). The van der Waals surface area contributed by atoms with E-state index in [9.17, 15) is 4.79 Å². The van der Waals surface area contributed by atoms with Crippen molar-refractivity contribution in [1.29, 1.82) is 0 Å². The van der Waals surface area contributed by atoms with Gasteiger partial charge < -0.3 is 11.1 Å². The number of rotatable bonds is 4. The molecule has 0 radical (unpaired) electrons. The van der Waals surface area contributed by atoms with E-state index in [1.165, 1.54) is 12.8 Å². The highest BCUT2D eigenvalue weighted by Crippen LogP contribution is 2.29. The van der Waals surface area contributed by atoms with Gasteiger partial charge in [0, 0.05) is 6.04 Å². The number of hydrogen-bond acceptors (Lipinski definition) is 2. The van der Waals surface area contributed by atoms with Gasteiger partial charge in [-0.3, -0.25) is 4.79 Å². The van der Waals surface area contributed by atoms with Crippen molar-refractivity contribution in [1.82, 2.24) is 5.32 Å². The molecule has 0 aromatic rings. The van der Waals surface area contributed by atoms with Gasteiger partial charge in [-0.25, -0.2) is 0 Å². The van der Waals surface area contributed by atoms with Gasteiger partial charge in [-0.05, 0) is 24.7 Å². The van der Waals surface area contributed by atoms with Crippen molar-refractivity contribution in [3.63, 3.8) is 0 Å². The Labute approximate surface area is 99.2 Å². The van der Waals surface area contributed by atoms with Crippen LogP contribution in [0.4, 0.5) is 0 Å². The number of nitrogens with two attached hydrogens (primary N) is 1. The van der Waals surface area contributed by atoms with Crippen molar-refractivity contribution >= 4 is 5.91 Å². The fourth-order valence-corrected chi connectivity index (χ4v) is 2.52. The zero-order valence-electron chi connectivity index (χ0n) is 10.8. The van der Waals surface area contributed by atoms with E-state index in [1.54, 1.807) is 0 Å². The molecule has 1 saturated carbocycles. The zero-order chi connectivity index (χ0) is 12.1. The van der Waals surface area contributed by atoms with Crippen LogP contribution in [0.5, 0.6) is 0 Å². The normalized spacial score (nSPS) is 32.1. The average molecular weight is 226 g/mol. The minimum atomic E-state index is -0.325. The van der Waals surface area contributed by atoms with Crippen molar-refractivity contribution in [3.05, 3.63) is 0 Å². The Morgan fingerprint density at radius 3 is 2.75 bits per heavy atom. The van der Waals surface area contributed by atoms with E-state index in [4.69, 9.17) is 5.73 Å². The number of amides is 1. The molecule has 94 valence electrons. The summed E-state index contributed by atoms with van der Waals surface area (Å²) < 4.78 is 0. The fourth-order valence-electron chi connectivity index (χ4n) is 2.52. The Morgan fingerprint density at radius 1 is 1.44 bits per heavy atom. The van der Waals surface area contributed by atoms with Crippen LogP contribution >= 0.6 is 0 Å². The number of carbonyl (C=O) groups excluding carboxylic acids is 1. The summed E-state index contributed by atoms with van der Waals surface area (Å²) in [5.74, 6) is 1.32. The zero-order valence-corrected chi connectivity index (χ0v) is 10.8. The molecule has 0 heterocycles. The van der Waals surface area contributed by atoms with Crippen LogP contribution in [0.25, 0.3) is 0 Å². The maximum atomic E-state index is 11.8. The molecule has 1 fully saturated rings. The maximum absolute atomic E-state index is 11.8. The number of carbonyl (C=O) groups is 1. The SMILES string of the molecule is CCC[C@H](N)C(=O)NC1CCCC(C)C1C. The first-order valence-electron chi connectivity index (χ1n) is 6.62. The van der Waals surface area contributed by atoms with Crippen LogP contribution in [-0.4, -0.2) is 18.0 Å². The summed E-state index contributed by atoms with van der Waals surface area (Å²) in [4.78, 5) is 11.8. The summed E-state index contributed by atoms with van der Waals surface area (Å²) in [5.41, 5.74) is 5.81. The molecule has 0 bridgehead atoms. The summed E-state index contributed by atoms with van der Waals surface area (Å²) in [6, 6.07) is 0.00795. The highest BCUT2D eigenvalue weighted by molar-refractivity contribution is 5.81. The van der Waals surface area contributed by atoms with Gasteiger partial charge in [0.25, 0.3) is 0 Å². The van der Waals surface area contributed by atoms with Crippen LogP contribution in [0.1, 0.15) is 52.9 Å². The van der Waals surface area contributed by atoms with Gasteiger partial charge in [0.2, 0.25) is 5.91 Å². The molecule has 0 saturated heterocycles. The molecule has 1 amide bonds. The van der Waals surface area contributed by atoms with E-state index >= 15 is 0 Å². The average Bonchev–Trinajstić information content (AvgIpc) is 2.25. The van der Waals surface area contributed by atoms with Gasteiger partial charge >= 0.3 is 0 Å². The van der Waals surface area contributed by atoms with Gasteiger partial charge in [0.1, 0.15) is 0 Å². The highest BCUT2D eigenvalue weighted by atomic mass is 16.2. The van der Waals surface area contributed by atoms with Crippen LogP contribution in [0, 0.1) is 11.8 Å².